The van der Waals surface area contributed by atoms with Crippen molar-refractivity contribution in [3.05, 3.63) is 42.1 Å². The van der Waals surface area contributed by atoms with E-state index in [9.17, 15) is 0 Å². The maximum absolute atomic E-state index is 5.65. The highest BCUT2D eigenvalue weighted by molar-refractivity contribution is 5.29. The molecule has 0 aliphatic heterocycles. The van der Waals surface area contributed by atoms with Gasteiger partial charge in [-0.25, -0.2) is 4.98 Å². The van der Waals surface area contributed by atoms with Gasteiger partial charge in [-0.15, -0.1) is 0 Å². The summed E-state index contributed by atoms with van der Waals surface area (Å²) in [7, 11) is 0. The van der Waals surface area contributed by atoms with E-state index in [2.05, 4.69) is 15.3 Å². The first-order valence-electron chi connectivity index (χ1n) is 7.06. The molecule has 5 heteroatoms. The van der Waals surface area contributed by atoms with Crippen molar-refractivity contribution in [2.75, 3.05) is 18.5 Å². The number of hydrogen-bond donors (Lipinski definition) is 1. The van der Waals surface area contributed by atoms with Crippen LogP contribution in [0.1, 0.15) is 19.4 Å². The fourth-order valence-corrected chi connectivity index (χ4v) is 1.77. The molecule has 0 radical (unpaired) electrons. The van der Waals surface area contributed by atoms with Crippen molar-refractivity contribution in [3.63, 3.8) is 0 Å². The molecule has 1 N–H and O–H groups in total. The van der Waals surface area contributed by atoms with Crippen LogP contribution in [0, 0.1) is 6.92 Å². The van der Waals surface area contributed by atoms with Gasteiger partial charge in [0.1, 0.15) is 12.4 Å². The highest BCUT2D eigenvalue weighted by Crippen LogP contribution is 2.12. The van der Waals surface area contributed by atoms with Gasteiger partial charge in [0, 0.05) is 12.3 Å². The van der Waals surface area contributed by atoms with Crippen molar-refractivity contribution in [1.82, 2.24) is 9.97 Å². The van der Waals surface area contributed by atoms with Gasteiger partial charge < -0.3 is 14.8 Å². The van der Waals surface area contributed by atoms with E-state index >= 15 is 0 Å². The number of nitrogens with one attached hydrogen (secondary N) is 1. The molecule has 5 nitrogen and oxygen atoms in total. The molecule has 1 aromatic carbocycles. The molecule has 2 aromatic rings. The molecule has 1 aromatic heterocycles. The molecule has 0 unspecified atom stereocenters. The maximum Gasteiger partial charge on any atom is 0.226 e. The van der Waals surface area contributed by atoms with Gasteiger partial charge in [-0.1, -0.05) is 12.1 Å². The summed E-state index contributed by atoms with van der Waals surface area (Å²) < 4.78 is 11.2. The first kappa shape index (κ1) is 15.1. The van der Waals surface area contributed by atoms with Crippen molar-refractivity contribution in [3.8, 4) is 11.6 Å². The average Bonchev–Trinajstić information content (AvgIpc) is 2.43. The molecule has 0 bridgehead atoms. The second kappa shape index (κ2) is 7.47. The molecule has 0 aliphatic rings. The van der Waals surface area contributed by atoms with Crippen LogP contribution in [0.5, 0.6) is 11.6 Å². The average molecular weight is 287 g/mol. The summed E-state index contributed by atoms with van der Waals surface area (Å²) in [6, 6.07) is 9.72. The third-order valence-corrected chi connectivity index (χ3v) is 2.63. The van der Waals surface area contributed by atoms with Crippen LogP contribution in [0.15, 0.2) is 36.5 Å². The van der Waals surface area contributed by atoms with Crippen LogP contribution >= 0.6 is 0 Å². The summed E-state index contributed by atoms with van der Waals surface area (Å²) in [4.78, 5) is 8.42. The SMILES string of the molecule is Cc1cccc(OCCNc2nccc(OC(C)C)n2)c1. The number of hydrogen-bond acceptors (Lipinski definition) is 5. The second-order valence-electron chi connectivity index (χ2n) is 4.98. The zero-order valence-electron chi connectivity index (χ0n) is 12.7. The molecular weight excluding hydrogens is 266 g/mol. The number of ether oxygens (including phenoxy) is 2. The van der Waals surface area contributed by atoms with Crippen LogP contribution in [0.2, 0.25) is 0 Å². The van der Waals surface area contributed by atoms with Gasteiger partial charge in [-0.2, -0.15) is 4.98 Å². The van der Waals surface area contributed by atoms with E-state index in [0.29, 0.717) is 25.0 Å². The zero-order valence-corrected chi connectivity index (χ0v) is 12.7. The minimum Gasteiger partial charge on any atom is -0.492 e. The topological polar surface area (TPSA) is 56.3 Å². The smallest absolute Gasteiger partial charge is 0.226 e. The van der Waals surface area contributed by atoms with E-state index in [1.54, 1.807) is 12.3 Å². The van der Waals surface area contributed by atoms with E-state index in [1.807, 2.05) is 45.0 Å². The van der Waals surface area contributed by atoms with Gasteiger partial charge in [0.25, 0.3) is 0 Å². The van der Waals surface area contributed by atoms with E-state index in [1.165, 1.54) is 5.56 Å². The lowest BCUT2D eigenvalue weighted by Gasteiger charge is -2.10. The number of aryl methyl sites for hydroxylation is 1. The minimum absolute atomic E-state index is 0.0948. The standard InChI is InChI=1S/C16H21N3O2/c1-12(2)21-15-7-8-17-16(19-15)18-9-10-20-14-6-4-5-13(3)11-14/h4-8,11-12H,9-10H2,1-3H3,(H,17,18,19). The van der Waals surface area contributed by atoms with E-state index < -0.39 is 0 Å². The molecule has 1 heterocycles. The first-order valence-corrected chi connectivity index (χ1v) is 7.06. The Balaban J connectivity index is 1.78. The minimum atomic E-state index is 0.0948. The zero-order chi connectivity index (χ0) is 15.1. The Morgan fingerprint density at radius 2 is 2.10 bits per heavy atom. The maximum atomic E-state index is 5.65. The predicted molar refractivity (Wildman–Crippen MR) is 83.0 cm³/mol. The third kappa shape index (κ3) is 5.30. The third-order valence-electron chi connectivity index (χ3n) is 2.63. The highest BCUT2D eigenvalue weighted by Gasteiger charge is 2.02. The Bertz CT molecular complexity index is 573. The van der Waals surface area contributed by atoms with Crippen LogP contribution in [0.4, 0.5) is 5.95 Å². The fraction of sp³-hybridized carbons (Fsp3) is 0.375. The normalized spacial score (nSPS) is 10.5. The van der Waals surface area contributed by atoms with E-state index in [0.717, 1.165) is 5.75 Å². The van der Waals surface area contributed by atoms with Crippen molar-refractivity contribution in [2.24, 2.45) is 0 Å². The van der Waals surface area contributed by atoms with Gasteiger partial charge in [-0.3, -0.25) is 0 Å². The monoisotopic (exact) mass is 287 g/mol. The molecule has 2 rings (SSSR count). The van der Waals surface area contributed by atoms with Crippen LogP contribution in [-0.4, -0.2) is 29.2 Å². The van der Waals surface area contributed by atoms with Gasteiger partial charge in [-0.05, 0) is 38.5 Å². The van der Waals surface area contributed by atoms with Crippen molar-refractivity contribution in [2.45, 2.75) is 26.9 Å². The molecule has 0 amide bonds. The van der Waals surface area contributed by atoms with Crippen LogP contribution in [-0.2, 0) is 0 Å². The summed E-state index contributed by atoms with van der Waals surface area (Å²) >= 11 is 0. The number of anilines is 1. The largest absolute Gasteiger partial charge is 0.492 e. The lowest BCUT2D eigenvalue weighted by Crippen LogP contribution is -2.14. The number of rotatable bonds is 7. The number of nitrogens with zero attached hydrogens (tertiary/aromatic N) is 2. The molecular formula is C16H21N3O2. The lowest BCUT2D eigenvalue weighted by atomic mass is 10.2. The summed E-state index contributed by atoms with van der Waals surface area (Å²) in [6.07, 6.45) is 1.77. The van der Waals surface area contributed by atoms with E-state index in [4.69, 9.17) is 9.47 Å². The summed E-state index contributed by atoms with van der Waals surface area (Å²) in [5, 5.41) is 3.12. The highest BCUT2D eigenvalue weighted by atomic mass is 16.5. The molecule has 0 saturated heterocycles. The number of aromatic nitrogens is 2. The Morgan fingerprint density at radius 3 is 2.86 bits per heavy atom. The summed E-state index contributed by atoms with van der Waals surface area (Å²) in [6.45, 7) is 7.14. The van der Waals surface area contributed by atoms with Crippen molar-refractivity contribution >= 4 is 5.95 Å². The second-order valence-corrected chi connectivity index (χ2v) is 4.98. The Hall–Kier alpha value is -2.30. The van der Waals surface area contributed by atoms with Gasteiger partial charge >= 0.3 is 0 Å². The van der Waals surface area contributed by atoms with Gasteiger partial charge in [0.15, 0.2) is 0 Å². The van der Waals surface area contributed by atoms with Gasteiger partial charge in [0.05, 0.1) is 12.6 Å². The molecule has 0 atom stereocenters. The molecule has 0 fully saturated rings. The Labute approximate surface area is 125 Å². The van der Waals surface area contributed by atoms with E-state index in [-0.39, 0.29) is 6.10 Å². The molecule has 0 saturated carbocycles. The molecule has 21 heavy (non-hydrogen) atoms. The first-order chi connectivity index (χ1) is 10.1. The summed E-state index contributed by atoms with van der Waals surface area (Å²) in [5.74, 6) is 1.98. The predicted octanol–water partition coefficient (Wildman–Crippen LogP) is 3.06. The Kier molecular flexibility index (Phi) is 5.37. The van der Waals surface area contributed by atoms with Crippen molar-refractivity contribution in [1.29, 1.82) is 0 Å². The molecule has 112 valence electrons. The number of benzene rings is 1. The lowest BCUT2D eigenvalue weighted by molar-refractivity contribution is 0.232. The molecule has 0 aliphatic carbocycles. The van der Waals surface area contributed by atoms with Crippen LogP contribution < -0.4 is 14.8 Å². The van der Waals surface area contributed by atoms with Gasteiger partial charge in [0.2, 0.25) is 11.8 Å². The van der Waals surface area contributed by atoms with Crippen LogP contribution in [0.3, 0.4) is 0 Å². The summed E-state index contributed by atoms with van der Waals surface area (Å²) in [5.41, 5.74) is 1.18. The Morgan fingerprint density at radius 1 is 1.24 bits per heavy atom. The quantitative estimate of drug-likeness (QED) is 0.793. The van der Waals surface area contributed by atoms with Crippen molar-refractivity contribution < 1.29 is 9.47 Å². The van der Waals surface area contributed by atoms with Crippen LogP contribution in [0.25, 0.3) is 0 Å². The molecule has 0 spiro atoms. The fourth-order valence-electron chi connectivity index (χ4n) is 1.77.